The smallest absolute Gasteiger partial charge is 0.309 e. The summed E-state index contributed by atoms with van der Waals surface area (Å²) < 4.78 is 10.6. The van der Waals surface area contributed by atoms with E-state index in [2.05, 4.69) is 6.92 Å². The van der Waals surface area contributed by atoms with Gasteiger partial charge in [-0.3, -0.25) is 4.79 Å². The topological polar surface area (TPSA) is 61.5 Å². The van der Waals surface area contributed by atoms with E-state index >= 15 is 0 Å². The zero-order chi connectivity index (χ0) is 12.5. The lowest BCUT2D eigenvalue weighted by Gasteiger charge is -2.16. The van der Waals surface area contributed by atoms with Gasteiger partial charge in [-0.15, -0.1) is 0 Å². The van der Waals surface area contributed by atoms with Gasteiger partial charge in [-0.2, -0.15) is 0 Å². The van der Waals surface area contributed by atoms with Crippen molar-refractivity contribution in [1.29, 1.82) is 0 Å². The Morgan fingerprint density at radius 3 is 2.82 bits per heavy atom. The zero-order valence-corrected chi connectivity index (χ0v) is 10.8. The first kappa shape index (κ1) is 14.5. The number of unbranched alkanes of at least 4 members (excludes halogenated alkanes) is 1. The normalized spacial score (nSPS) is 23.9. The predicted octanol–water partition coefficient (Wildman–Crippen LogP) is 1.72. The Labute approximate surface area is 104 Å². The second-order valence-corrected chi connectivity index (χ2v) is 4.67. The summed E-state index contributed by atoms with van der Waals surface area (Å²) in [6.07, 6.45) is 5.27. The molecule has 1 aliphatic rings. The molecular weight excluding hydrogens is 218 g/mol. The van der Waals surface area contributed by atoms with Crippen molar-refractivity contribution < 1.29 is 14.3 Å². The largest absolute Gasteiger partial charge is 0.463 e. The van der Waals surface area contributed by atoms with Crippen LogP contribution in [0.25, 0.3) is 0 Å². The number of hydrogen-bond donors (Lipinski definition) is 1. The number of carbonyl (C=O) groups excluding carboxylic acids is 1. The second-order valence-electron chi connectivity index (χ2n) is 4.67. The van der Waals surface area contributed by atoms with Gasteiger partial charge in [-0.05, 0) is 31.7 Å². The molecule has 0 spiro atoms. The highest BCUT2D eigenvalue weighted by Crippen LogP contribution is 2.31. The minimum atomic E-state index is -0.0861. The monoisotopic (exact) mass is 243 g/mol. The average Bonchev–Trinajstić information content (AvgIpc) is 2.81. The summed E-state index contributed by atoms with van der Waals surface area (Å²) in [6.45, 7) is 4.34. The van der Waals surface area contributed by atoms with Crippen molar-refractivity contribution >= 4 is 5.97 Å². The molecule has 1 rings (SSSR count). The van der Waals surface area contributed by atoms with E-state index in [0.717, 1.165) is 38.7 Å². The number of nitrogens with two attached hydrogens (primary N) is 1. The van der Waals surface area contributed by atoms with E-state index < -0.39 is 0 Å². The maximum Gasteiger partial charge on any atom is 0.309 e. The molecule has 2 atom stereocenters. The number of ether oxygens (including phenoxy) is 2. The molecule has 0 amide bonds. The molecule has 0 heterocycles. The molecule has 0 aromatic rings. The van der Waals surface area contributed by atoms with Gasteiger partial charge in [0.05, 0.1) is 12.5 Å². The Morgan fingerprint density at radius 2 is 2.12 bits per heavy atom. The maximum absolute atomic E-state index is 11.8. The average molecular weight is 243 g/mol. The van der Waals surface area contributed by atoms with Crippen LogP contribution < -0.4 is 5.73 Å². The van der Waals surface area contributed by atoms with Gasteiger partial charge in [0.25, 0.3) is 0 Å². The lowest BCUT2D eigenvalue weighted by Crippen LogP contribution is -2.27. The third-order valence-electron chi connectivity index (χ3n) is 3.38. The Hall–Kier alpha value is -0.610. The van der Waals surface area contributed by atoms with Gasteiger partial charge in [0.2, 0.25) is 0 Å². The van der Waals surface area contributed by atoms with Gasteiger partial charge in [0.15, 0.2) is 0 Å². The van der Waals surface area contributed by atoms with E-state index in [1.54, 1.807) is 0 Å². The molecular formula is C13H25NO3. The molecule has 4 nitrogen and oxygen atoms in total. The summed E-state index contributed by atoms with van der Waals surface area (Å²) in [6, 6.07) is 0. The Morgan fingerprint density at radius 1 is 1.29 bits per heavy atom. The molecule has 0 bridgehead atoms. The minimum Gasteiger partial charge on any atom is -0.463 e. The van der Waals surface area contributed by atoms with E-state index in [0.29, 0.717) is 25.7 Å². The van der Waals surface area contributed by atoms with Crippen LogP contribution in [-0.2, 0) is 14.3 Å². The first-order chi connectivity index (χ1) is 8.29. The summed E-state index contributed by atoms with van der Waals surface area (Å²) in [7, 11) is 0. The number of carbonyl (C=O) groups is 1. The van der Waals surface area contributed by atoms with Crippen LogP contribution in [0.15, 0.2) is 0 Å². The third kappa shape index (κ3) is 5.04. The fourth-order valence-electron chi connectivity index (χ4n) is 2.29. The quantitative estimate of drug-likeness (QED) is 0.521. The molecule has 2 N–H and O–H groups in total. The molecule has 0 aromatic carbocycles. The SMILES string of the molecule is CCCCOCCOC(=O)C1CCCC1CN. The standard InChI is InChI=1S/C13H25NO3/c1-2-3-7-16-8-9-17-13(15)12-6-4-5-11(12)10-14/h11-12H,2-10,14H2,1H3. The van der Waals surface area contributed by atoms with Gasteiger partial charge >= 0.3 is 5.97 Å². The van der Waals surface area contributed by atoms with Crippen LogP contribution in [0.5, 0.6) is 0 Å². The third-order valence-corrected chi connectivity index (χ3v) is 3.38. The van der Waals surface area contributed by atoms with E-state index in [-0.39, 0.29) is 11.9 Å². The number of hydrogen-bond acceptors (Lipinski definition) is 4. The highest BCUT2D eigenvalue weighted by molar-refractivity contribution is 5.73. The molecule has 0 saturated heterocycles. The van der Waals surface area contributed by atoms with Gasteiger partial charge in [-0.25, -0.2) is 0 Å². The van der Waals surface area contributed by atoms with Crippen molar-refractivity contribution in [2.24, 2.45) is 17.6 Å². The molecule has 1 saturated carbocycles. The summed E-state index contributed by atoms with van der Waals surface area (Å²) in [4.78, 5) is 11.8. The summed E-state index contributed by atoms with van der Waals surface area (Å²) in [5.74, 6) is 0.260. The fourth-order valence-corrected chi connectivity index (χ4v) is 2.29. The molecule has 0 radical (unpaired) electrons. The fraction of sp³-hybridized carbons (Fsp3) is 0.923. The van der Waals surface area contributed by atoms with Gasteiger partial charge in [0, 0.05) is 6.61 Å². The van der Waals surface area contributed by atoms with Crippen LogP contribution in [0.1, 0.15) is 39.0 Å². The lowest BCUT2D eigenvalue weighted by molar-refractivity contribution is -0.151. The highest BCUT2D eigenvalue weighted by atomic mass is 16.6. The Bertz CT molecular complexity index is 221. The Balaban J connectivity index is 2.08. The first-order valence-corrected chi connectivity index (χ1v) is 6.74. The van der Waals surface area contributed by atoms with Crippen LogP contribution in [0, 0.1) is 11.8 Å². The van der Waals surface area contributed by atoms with Gasteiger partial charge < -0.3 is 15.2 Å². The van der Waals surface area contributed by atoms with Crippen LogP contribution in [0.2, 0.25) is 0 Å². The molecule has 4 heteroatoms. The van der Waals surface area contributed by atoms with Crippen molar-refractivity contribution in [3.63, 3.8) is 0 Å². The van der Waals surface area contributed by atoms with Crippen molar-refractivity contribution in [3.8, 4) is 0 Å². The molecule has 2 unspecified atom stereocenters. The molecule has 1 aliphatic carbocycles. The van der Waals surface area contributed by atoms with Crippen molar-refractivity contribution in [3.05, 3.63) is 0 Å². The van der Waals surface area contributed by atoms with Crippen molar-refractivity contribution in [2.45, 2.75) is 39.0 Å². The lowest BCUT2D eigenvalue weighted by atomic mass is 9.96. The van der Waals surface area contributed by atoms with Crippen LogP contribution in [0.4, 0.5) is 0 Å². The zero-order valence-electron chi connectivity index (χ0n) is 10.8. The van der Waals surface area contributed by atoms with Gasteiger partial charge in [0.1, 0.15) is 6.61 Å². The minimum absolute atomic E-state index is 0.0237. The van der Waals surface area contributed by atoms with E-state index in [1.165, 1.54) is 0 Å². The Kier molecular flexibility index (Phi) is 7.21. The summed E-state index contributed by atoms with van der Waals surface area (Å²) >= 11 is 0. The first-order valence-electron chi connectivity index (χ1n) is 6.74. The summed E-state index contributed by atoms with van der Waals surface area (Å²) in [5, 5.41) is 0. The predicted molar refractivity (Wildman–Crippen MR) is 66.6 cm³/mol. The van der Waals surface area contributed by atoms with Crippen molar-refractivity contribution in [2.75, 3.05) is 26.4 Å². The van der Waals surface area contributed by atoms with Gasteiger partial charge in [-0.1, -0.05) is 19.8 Å². The summed E-state index contributed by atoms with van der Waals surface area (Å²) in [5.41, 5.74) is 5.64. The second kappa shape index (κ2) is 8.48. The van der Waals surface area contributed by atoms with Crippen LogP contribution >= 0.6 is 0 Å². The molecule has 0 aliphatic heterocycles. The van der Waals surface area contributed by atoms with Crippen LogP contribution in [0.3, 0.4) is 0 Å². The molecule has 0 aromatic heterocycles. The maximum atomic E-state index is 11.8. The van der Waals surface area contributed by atoms with E-state index in [9.17, 15) is 4.79 Å². The van der Waals surface area contributed by atoms with E-state index in [4.69, 9.17) is 15.2 Å². The van der Waals surface area contributed by atoms with E-state index in [1.807, 2.05) is 0 Å². The van der Waals surface area contributed by atoms with Crippen molar-refractivity contribution in [1.82, 2.24) is 0 Å². The molecule has 17 heavy (non-hydrogen) atoms. The highest BCUT2D eigenvalue weighted by Gasteiger charge is 2.32. The number of rotatable bonds is 8. The van der Waals surface area contributed by atoms with Crippen LogP contribution in [-0.4, -0.2) is 32.3 Å². The number of esters is 1. The molecule has 100 valence electrons. The molecule has 1 fully saturated rings.